The molecule has 1 saturated heterocycles. The summed E-state index contributed by atoms with van der Waals surface area (Å²) in [7, 11) is -1.86. The summed E-state index contributed by atoms with van der Waals surface area (Å²) in [6.07, 6.45) is -2.89. The lowest BCUT2D eigenvalue weighted by Gasteiger charge is -2.40. The van der Waals surface area contributed by atoms with Crippen molar-refractivity contribution in [2.45, 2.75) is 82.3 Å². The zero-order valence-electron chi connectivity index (χ0n) is 24.0. The molecule has 16 heteroatoms. The average molecular weight is 629 g/mol. The fourth-order valence-corrected chi connectivity index (χ4v) is 4.48. The molecule has 1 amide bonds. The molecule has 0 spiro atoms. The van der Waals surface area contributed by atoms with Gasteiger partial charge in [-0.05, 0) is 18.4 Å². The number of carbonyl (C=O) groups excluding carboxylic acids is 3. The minimum Gasteiger partial charge on any atom is -0.463 e. The normalized spacial score (nSPS) is 23.0. The van der Waals surface area contributed by atoms with E-state index in [4.69, 9.17) is 44.5 Å². The van der Waals surface area contributed by atoms with Gasteiger partial charge in [0.15, 0.2) is 12.3 Å². The largest absolute Gasteiger partial charge is 0.463 e. The fraction of sp³-hybridized carbons (Fsp3) is 0.630. The van der Waals surface area contributed by atoms with Crippen LogP contribution in [-0.2, 0) is 49.0 Å². The molecule has 0 aliphatic carbocycles. The Kier molecular flexibility index (Phi) is 17.1. The second kappa shape index (κ2) is 20.2. The van der Waals surface area contributed by atoms with Gasteiger partial charge >= 0.3 is 11.9 Å². The maximum absolute atomic E-state index is 12.7. The minimum absolute atomic E-state index is 0.0109. The zero-order chi connectivity index (χ0) is 31.6. The van der Waals surface area contributed by atoms with Crippen LogP contribution < -0.4 is 16.6 Å². The first kappa shape index (κ1) is 36.4. The highest BCUT2D eigenvalue weighted by atomic mass is 31.2. The number of rotatable bonds is 19. The van der Waals surface area contributed by atoms with E-state index in [2.05, 4.69) is 5.32 Å². The van der Waals surface area contributed by atoms with E-state index < -0.39 is 63.1 Å². The molecule has 15 nitrogen and oxygen atoms in total. The summed E-state index contributed by atoms with van der Waals surface area (Å²) < 4.78 is 32.0. The predicted molar refractivity (Wildman–Crippen MR) is 151 cm³/mol. The summed E-state index contributed by atoms with van der Waals surface area (Å²) in [6, 6.07) is 8.82. The van der Waals surface area contributed by atoms with Crippen molar-refractivity contribution in [2.75, 3.05) is 26.4 Å². The van der Waals surface area contributed by atoms with Gasteiger partial charge in [0, 0.05) is 20.0 Å². The summed E-state index contributed by atoms with van der Waals surface area (Å²) in [4.78, 5) is 36.4. The SMILES string of the molecule is CC(=O)OCC1O[C@@H](OCCCCCC(=O)NC(COP(N)OCCC#N)C(=O)OCc2ccccc2)[C@@H](N)C(O)[C@H]1O. The number of amides is 1. The standard InChI is InChI=1S/C27H41N4O11P/c1-18(32)38-17-21-24(34)25(35)23(29)27(42-21)37-13-7-3-6-11-22(33)31-20(16-41-43(30)40-14-8-12-28)26(36)39-15-19-9-4-2-5-10-19/h2,4-5,9-10,20-21,23-25,27,34-35H,3,6-8,11,13-17,29-30H2,1H3,(H,31,33)/t20?,21?,23-,24-,25?,27+,43?/m0/s1. The summed E-state index contributed by atoms with van der Waals surface area (Å²) in [5.41, 5.74) is 12.5. The molecule has 0 bridgehead atoms. The topological polar surface area (TPSA) is 235 Å². The van der Waals surface area contributed by atoms with Crippen LogP contribution >= 0.6 is 8.53 Å². The Morgan fingerprint density at radius 1 is 1.09 bits per heavy atom. The van der Waals surface area contributed by atoms with Crippen LogP contribution in [-0.4, -0.2) is 91.2 Å². The van der Waals surface area contributed by atoms with E-state index in [0.29, 0.717) is 19.3 Å². The Morgan fingerprint density at radius 2 is 1.84 bits per heavy atom. The Morgan fingerprint density at radius 3 is 2.53 bits per heavy atom. The number of aliphatic hydroxyl groups excluding tert-OH is 2. The number of nitrogens with zero attached hydrogens (tertiary/aromatic N) is 1. The van der Waals surface area contributed by atoms with Crippen LogP contribution in [0.15, 0.2) is 30.3 Å². The second-order valence-electron chi connectivity index (χ2n) is 9.62. The Hall–Kier alpha value is -2.77. The van der Waals surface area contributed by atoms with Crippen LogP contribution in [0.25, 0.3) is 0 Å². The Labute approximate surface area is 251 Å². The van der Waals surface area contributed by atoms with Crippen LogP contribution in [0.2, 0.25) is 0 Å². The van der Waals surface area contributed by atoms with Crippen molar-refractivity contribution in [3.63, 3.8) is 0 Å². The van der Waals surface area contributed by atoms with Crippen LogP contribution in [0.1, 0.15) is 44.6 Å². The molecule has 43 heavy (non-hydrogen) atoms. The van der Waals surface area contributed by atoms with Crippen LogP contribution in [0, 0.1) is 11.3 Å². The quantitative estimate of drug-likeness (QED) is 0.0785. The van der Waals surface area contributed by atoms with E-state index in [0.717, 1.165) is 5.56 Å². The van der Waals surface area contributed by atoms with Crippen LogP contribution in [0.3, 0.4) is 0 Å². The van der Waals surface area contributed by atoms with Gasteiger partial charge in [-0.15, -0.1) is 0 Å². The monoisotopic (exact) mass is 628 g/mol. The highest BCUT2D eigenvalue weighted by Gasteiger charge is 2.43. The lowest BCUT2D eigenvalue weighted by Crippen LogP contribution is -2.62. The number of nitriles is 1. The van der Waals surface area contributed by atoms with Crippen molar-refractivity contribution in [3.05, 3.63) is 35.9 Å². The van der Waals surface area contributed by atoms with Crippen LogP contribution in [0.4, 0.5) is 0 Å². The van der Waals surface area contributed by atoms with E-state index in [1.807, 2.05) is 24.3 Å². The van der Waals surface area contributed by atoms with Gasteiger partial charge in [-0.25, -0.2) is 4.79 Å². The van der Waals surface area contributed by atoms with Crippen LogP contribution in [0.5, 0.6) is 0 Å². The molecule has 1 aromatic rings. The maximum atomic E-state index is 12.7. The highest BCUT2D eigenvalue weighted by molar-refractivity contribution is 7.44. The number of nitrogens with two attached hydrogens (primary N) is 2. The van der Waals surface area contributed by atoms with Gasteiger partial charge in [-0.1, -0.05) is 36.8 Å². The molecule has 240 valence electrons. The summed E-state index contributed by atoms with van der Waals surface area (Å²) >= 11 is 0. The minimum atomic E-state index is -1.86. The molecular weight excluding hydrogens is 587 g/mol. The lowest BCUT2D eigenvalue weighted by molar-refractivity contribution is -0.267. The molecule has 0 aromatic heterocycles. The van der Waals surface area contributed by atoms with Gasteiger partial charge in [0.25, 0.3) is 8.53 Å². The van der Waals surface area contributed by atoms with Gasteiger partial charge in [-0.3, -0.25) is 15.1 Å². The van der Waals surface area contributed by atoms with E-state index in [1.165, 1.54) is 6.92 Å². The molecule has 2 rings (SSSR count). The van der Waals surface area contributed by atoms with Crippen molar-refractivity contribution in [2.24, 2.45) is 11.2 Å². The molecule has 1 aliphatic rings. The number of unbranched alkanes of at least 4 members (excludes halogenated alkanes) is 2. The summed E-state index contributed by atoms with van der Waals surface area (Å²) in [5, 5.41) is 31.5. The smallest absolute Gasteiger partial charge is 0.331 e. The summed E-state index contributed by atoms with van der Waals surface area (Å²) in [6.45, 7) is 0.955. The van der Waals surface area contributed by atoms with E-state index in [9.17, 15) is 24.6 Å². The van der Waals surface area contributed by atoms with Gasteiger partial charge in [0.1, 0.15) is 31.5 Å². The number of nitrogens with one attached hydrogen (secondary N) is 1. The number of hydrogen-bond acceptors (Lipinski definition) is 14. The van der Waals surface area contributed by atoms with Crippen molar-refractivity contribution in [3.8, 4) is 6.07 Å². The Balaban J connectivity index is 1.76. The van der Waals surface area contributed by atoms with E-state index in [1.54, 1.807) is 12.1 Å². The zero-order valence-corrected chi connectivity index (χ0v) is 24.9. The first-order chi connectivity index (χ1) is 20.6. The van der Waals surface area contributed by atoms with E-state index in [-0.39, 0.29) is 45.9 Å². The number of benzene rings is 1. The van der Waals surface area contributed by atoms with Gasteiger partial charge in [0.2, 0.25) is 5.91 Å². The van der Waals surface area contributed by atoms with Gasteiger partial charge < -0.3 is 49.3 Å². The van der Waals surface area contributed by atoms with Gasteiger partial charge in [0.05, 0.1) is 31.7 Å². The third-order valence-corrected chi connectivity index (χ3v) is 7.01. The van der Waals surface area contributed by atoms with Crippen molar-refractivity contribution in [1.29, 1.82) is 5.26 Å². The number of hydrogen-bond donors (Lipinski definition) is 5. The molecule has 7 atom stereocenters. The van der Waals surface area contributed by atoms with Crippen molar-refractivity contribution in [1.82, 2.24) is 5.32 Å². The predicted octanol–water partition coefficient (Wildman–Crippen LogP) is 0.261. The molecule has 4 unspecified atom stereocenters. The Bertz CT molecular complexity index is 1030. The number of aliphatic hydroxyl groups is 2. The third kappa shape index (κ3) is 14.0. The molecule has 0 saturated carbocycles. The molecule has 0 radical (unpaired) electrons. The molecule has 1 aromatic carbocycles. The molecule has 1 heterocycles. The maximum Gasteiger partial charge on any atom is 0.331 e. The lowest BCUT2D eigenvalue weighted by atomic mass is 9.98. The average Bonchev–Trinajstić information content (AvgIpc) is 2.99. The molecule has 1 aliphatic heterocycles. The molecule has 1 fully saturated rings. The fourth-order valence-electron chi connectivity index (χ4n) is 3.83. The second-order valence-corrected chi connectivity index (χ2v) is 10.7. The van der Waals surface area contributed by atoms with Gasteiger partial charge in [-0.2, -0.15) is 5.26 Å². The molecule has 7 N–H and O–H groups in total. The highest BCUT2D eigenvalue weighted by Crippen LogP contribution is 2.28. The number of esters is 2. The summed E-state index contributed by atoms with van der Waals surface area (Å²) in [5.74, 6) is -1.66. The first-order valence-electron chi connectivity index (χ1n) is 13.8. The molecular formula is C27H41N4O11P. The first-order valence-corrected chi connectivity index (χ1v) is 15.1. The van der Waals surface area contributed by atoms with Crippen molar-refractivity contribution < 1.29 is 52.6 Å². The van der Waals surface area contributed by atoms with E-state index >= 15 is 0 Å². The van der Waals surface area contributed by atoms with Crippen molar-refractivity contribution >= 4 is 26.4 Å². The third-order valence-electron chi connectivity index (χ3n) is 6.17. The number of ether oxygens (including phenoxy) is 4. The number of carbonyl (C=O) groups is 3.